The Morgan fingerprint density at radius 3 is 2.51 bits per heavy atom. The summed E-state index contributed by atoms with van der Waals surface area (Å²) in [6.45, 7) is 1.05. The minimum atomic E-state index is -4.61. The number of nitrogens with zero attached hydrogens (tertiary/aromatic N) is 4. The number of amides is 1. The summed E-state index contributed by atoms with van der Waals surface area (Å²) in [5, 5.41) is 3.91. The first-order valence-electron chi connectivity index (χ1n) is 13.1. The van der Waals surface area contributed by atoms with Crippen LogP contribution in [-0.2, 0) is 12.8 Å². The maximum Gasteiger partial charge on any atom is 0.435 e. The van der Waals surface area contributed by atoms with E-state index >= 15 is 0 Å². The molecule has 4 aromatic rings. The number of hydrogen-bond acceptors (Lipinski definition) is 5. The highest BCUT2D eigenvalue weighted by Crippen LogP contribution is 2.55. The van der Waals surface area contributed by atoms with Gasteiger partial charge in [-0.2, -0.15) is 18.3 Å². The van der Waals surface area contributed by atoms with Gasteiger partial charge < -0.3 is 14.4 Å². The molecule has 0 N–H and O–H groups in total. The molecule has 1 aliphatic heterocycles. The summed E-state index contributed by atoms with van der Waals surface area (Å²) < 4.78 is 67.8. The van der Waals surface area contributed by atoms with Gasteiger partial charge in [0.25, 0.3) is 5.91 Å². The van der Waals surface area contributed by atoms with Crippen LogP contribution in [0.2, 0.25) is 0 Å². The van der Waals surface area contributed by atoms with Gasteiger partial charge in [-0.3, -0.25) is 9.48 Å². The van der Waals surface area contributed by atoms with Crippen LogP contribution < -0.4 is 9.47 Å². The number of aromatic nitrogens is 3. The minimum absolute atomic E-state index is 0.0749. The zero-order chi connectivity index (χ0) is 28.8. The van der Waals surface area contributed by atoms with Crippen LogP contribution in [0.1, 0.15) is 40.5 Å². The van der Waals surface area contributed by atoms with Crippen molar-refractivity contribution >= 4 is 5.91 Å². The summed E-state index contributed by atoms with van der Waals surface area (Å²) in [7, 11) is 1.41. The number of carbonyl (C=O) groups is 1. The molecule has 0 bridgehead atoms. The van der Waals surface area contributed by atoms with Gasteiger partial charge in [-0.15, -0.1) is 0 Å². The van der Waals surface area contributed by atoms with E-state index in [1.165, 1.54) is 36.2 Å². The lowest BCUT2D eigenvalue weighted by Gasteiger charge is -2.59. The van der Waals surface area contributed by atoms with Crippen molar-refractivity contribution < 1.29 is 31.8 Å². The Morgan fingerprint density at radius 1 is 1.05 bits per heavy atom. The van der Waals surface area contributed by atoms with Crippen molar-refractivity contribution in [2.75, 3.05) is 20.2 Å². The molecule has 1 saturated carbocycles. The molecule has 1 saturated heterocycles. The highest BCUT2D eigenvalue weighted by atomic mass is 19.4. The number of ether oxygens (including phenoxy) is 2. The van der Waals surface area contributed by atoms with Crippen LogP contribution in [0.3, 0.4) is 0 Å². The molecule has 2 aliphatic rings. The lowest BCUT2D eigenvalue weighted by atomic mass is 9.60. The van der Waals surface area contributed by atoms with E-state index in [0.29, 0.717) is 37.2 Å². The molecule has 7 nitrogen and oxygen atoms in total. The molecular weight excluding hydrogens is 540 g/mol. The molecule has 2 aromatic heterocycles. The number of likely N-dealkylation sites (tertiary alicyclic amines) is 1. The van der Waals surface area contributed by atoms with E-state index in [2.05, 4.69) is 10.1 Å². The number of carbonyl (C=O) groups excluding carboxylic acids is 1. The number of rotatable bonds is 7. The van der Waals surface area contributed by atoms with Crippen LogP contribution in [0.25, 0.3) is 11.3 Å². The topological polar surface area (TPSA) is 69.5 Å². The average Bonchev–Trinajstić information content (AvgIpc) is 3.37. The van der Waals surface area contributed by atoms with Crippen LogP contribution in [-0.4, -0.2) is 45.8 Å². The number of benzene rings is 2. The molecular formula is C30H26F4N4O3. The quantitative estimate of drug-likeness (QED) is 0.251. The fourth-order valence-corrected chi connectivity index (χ4v) is 5.71. The Balaban J connectivity index is 1.14. The third-order valence-corrected chi connectivity index (χ3v) is 7.71. The first-order chi connectivity index (χ1) is 19.7. The fraction of sp³-hybridized carbons (Fsp3) is 0.300. The highest BCUT2D eigenvalue weighted by Gasteiger charge is 2.55. The summed E-state index contributed by atoms with van der Waals surface area (Å²) in [6.07, 6.45) is -2.04. The lowest BCUT2D eigenvalue weighted by Crippen LogP contribution is -2.64. The Kier molecular flexibility index (Phi) is 6.67. The summed E-state index contributed by atoms with van der Waals surface area (Å²) >= 11 is 0. The van der Waals surface area contributed by atoms with Crippen LogP contribution >= 0.6 is 0 Å². The fourth-order valence-electron chi connectivity index (χ4n) is 5.71. The number of hydrogen-bond donors (Lipinski definition) is 0. The minimum Gasteiger partial charge on any atom is -0.489 e. The van der Waals surface area contributed by atoms with Gasteiger partial charge in [-0.05, 0) is 54.8 Å². The average molecular weight is 567 g/mol. The molecule has 212 valence electrons. The summed E-state index contributed by atoms with van der Waals surface area (Å²) in [6, 6.07) is 17.6. The maximum atomic E-state index is 14.6. The van der Waals surface area contributed by atoms with Crippen LogP contribution in [0.5, 0.6) is 11.6 Å². The van der Waals surface area contributed by atoms with Crippen LogP contribution in [0.4, 0.5) is 17.6 Å². The number of pyridine rings is 1. The SMILES string of the molecule is COc1ncccc1-c1cc(C(F)(F)F)nn1C1CC2(C1)CN(C(=O)c1cc(OCc3ccccc3)ccc1F)C2. The third-order valence-electron chi connectivity index (χ3n) is 7.71. The molecule has 1 spiro atoms. The van der Waals surface area contributed by atoms with Gasteiger partial charge >= 0.3 is 6.18 Å². The number of alkyl halides is 3. The van der Waals surface area contributed by atoms with Crippen molar-refractivity contribution in [3.63, 3.8) is 0 Å². The van der Waals surface area contributed by atoms with Gasteiger partial charge in [0.15, 0.2) is 5.69 Å². The smallest absolute Gasteiger partial charge is 0.435 e. The zero-order valence-electron chi connectivity index (χ0n) is 22.1. The molecule has 41 heavy (non-hydrogen) atoms. The predicted octanol–water partition coefficient (Wildman–Crippen LogP) is 6.17. The molecule has 6 rings (SSSR count). The van der Waals surface area contributed by atoms with Crippen molar-refractivity contribution in [3.05, 3.63) is 95.6 Å². The van der Waals surface area contributed by atoms with E-state index in [0.717, 1.165) is 11.6 Å². The third kappa shape index (κ3) is 5.12. The highest BCUT2D eigenvalue weighted by molar-refractivity contribution is 5.95. The molecule has 1 amide bonds. The van der Waals surface area contributed by atoms with Crippen molar-refractivity contribution in [1.29, 1.82) is 0 Å². The molecule has 2 fully saturated rings. The Labute approximate surface area is 233 Å². The van der Waals surface area contributed by atoms with Gasteiger partial charge in [0.1, 0.15) is 18.2 Å². The summed E-state index contributed by atoms with van der Waals surface area (Å²) in [5.41, 5.74) is 0.305. The van der Waals surface area contributed by atoms with E-state index in [1.54, 1.807) is 17.0 Å². The summed E-state index contributed by atoms with van der Waals surface area (Å²) in [5.74, 6) is -0.495. The Morgan fingerprint density at radius 2 is 1.80 bits per heavy atom. The monoisotopic (exact) mass is 566 g/mol. The molecule has 11 heteroatoms. The standard InChI is InChI=1S/C30H26F4N4O3/c1-40-27-22(8-5-11-35-27)25-13-26(30(32,33)34)36-38(25)20-14-29(15-20)17-37(18-29)28(39)23-12-21(9-10-24(23)31)41-16-19-6-3-2-4-7-19/h2-13,20H,14-18H2,1H3. The van der Waals surface area contributed by atoms with Gasteiger partial charge in [0.2, 0.25) is 5.88 Å². The van der Waals surface area contributed by atoms with E-state index in [9.17, 15) is 22.4 Å². The molecule has 2 aromatic carbocycles. The largest absolute Gasteiger partial charge is 0.489 e. The van der Waals surface area contributed by atoms with Crippen molar-refractivity contribution in [1.82, 2.24) is 19.7 Å². The summed E-state index contributed by atoms with van der Waals surface area (Å²) in [4.78, 5) is 18.8. The Bertz CT molecular complexity index is 1570. The van der Waals surface area contributed by atoms with Gasteiger partial charge in [0.05, 0.1) is 30.0 Å². The molecule has 0 radical (unpaired) electrons. The lowest BCUT2D eigenvalue weighted by molar-refractivity contribution is -0.142. The van der Waals surface area contributed by atoms with Gasteiger partial charge in [-0.25, -0.2) is 9.37 Å². The first-order valence-corrected chi connectivity index (χ1v) is 13.1. The second-order valence-corrected chi connectivity index (χ2v) is 10.6. The predicted molar refractivity (Wildman–Crippen MR) is 141 cm³/mol. The number of halogens is 4. The molecule has 3 heterocycles. The molecule has 0 atom stereocenters. The molecule has 1 aliphatic carbocycles. The van der Waals surface area contributed by atoms with E-state index in [-0.39, 0.29) is 35.2 Å². The van der Waals surface area contributed by atoms with Crippen molar-refractivity contribution in [2.45, 2.75) is 31.7 Å². The van der Waals surface area contributed by atoms with Crippen molar-refractivity contribution in [3.8, 4) is 22.9 Å². The van der Waals surface area contributed by atoms with Crippen LogP contribution in [0.15, 0.2) is 72.9 Å². The normalized spacial score (nSPS) is 16.3. The van der Waals surface area contributed by atoms with Crippen LogP contribution in [0, 0.1) is 11.2 Å². The van der Waals surface area contributed by atoms with Crippen molar-refractivity contribution in [2.24, 2.45) is 5.41 Å². The van der Waals surface area contributed by atoms with Gasteiger partial charge in [0, 0.05) is 24.7 Å². The van der Waals surface area contributed by atoms with Gasteiger partial charge in [-0.1, -0.05) is 30.3 Å². The zero-order valence-corrected chi connectivity index (χ0v) is 22.1. The van der Waals surface area contributed by atoms with E-state index in [4.69, 9.17) is 9.47 Å². The first kappa shape index (κ1) is 26.8. The van der Waals surface area contributed by atoms with E-state index < -0.39 is 23.6 Å². The molecule has 0 unspecified atom stereocenters. The second-order valence-electron chi connectivity index (χ2n) is 10.6. The number of methoxy groups -OCH3 is 1. The maximum absolute atomic E-state index is 14.6. The Hall–Kier alpha value is -4.41. The second kappa shape index (κ2) is 10.2. The van der Waals surface area contributed by atoms with E-state index in [1.807, 2.05) is 30.3 Å².